The Labute approximate surface area is 210 Å². The van der Waals surface area contributed by atoms with Crippen LogP contribution in [0.3, 0.4) is 0 Å². The van der Waals surface area contributed by atoms with Crippen LogP contribution < -0.4 is 10.6 Å². The number of piperidine rings is 1. The first-order valence-electron chi connectivity index (χ1n) is 12.5. The van der Waals surface area contributed by atoms with Gasteiger partial charge in [0.05, 0.1) is 23.9 Å². The first-order chi connectivity index (χ1) is 16.9. The van der Waals surface area contributed by atoms with Gasteiger partial charge in [0.25, 0.3) is 0 Å². The SMILES string of the molecule is CCOC(=O)[C@H]1CCCN(Cc2csc(NC(=O)Nc3ccc(C)cc3C(=O)C3CCCC3)n2)C1. The van der Waals surface area contributed by atoms with E-state index in [2.05, 4.69) is 20.5 Å². The minimum atomic E-state index is -0.421. The molecule has 2 aliphatic rings. The minimum absolute atomic E-state index is 0.0418. The summed E-state index contributed by atoms with van der Waals surface area (Å²) in [4.78, 5) is 44.6. The predicted molar refractivity (Wildman–Crippen MR) is 137 cm³/mol. The van der Waals surface area contributed by atoms with Crippen molar-refractivity contribution in [2.24, 2.45) is 11.8 Å². The lowest BCUT2D eigenvalue weighted by Crippen LogP contribution is -2.39. The Bertz CT molecular complexity index is 1060. The van der Waals surface area contributed by atoms with E-state index in [0.717, 1.165) is 56.3 Å². The number of carbonyl (C=O) groups excluding carboxylic acids is 3. The summed E-state index contributed by atoms with van der Waals surface area (Å²) in [6.45, 7) is 6.35. The van der Waals surface area contributed by atoms with Crippen molar-refractivity contribution in [3.63, 3.8) is 0 Å². The van der Waals surface area contributed by atoms with E-state index in [9.17, 15) is 14.4 Å². The Morgan fingerprint density at radius 2 is 1.89 bits per heavy atom. The Kier molecular flexibility index (Phi) is 8.51. The number of carbonyl (C=O) groups is 3. The molecule has 1 atom stereocenters. The monoisotopic (exact) mass is 498 g/mol. The number of thiazole rings is 1. The van der Waals surface area contributed by atoms with Gasteiger partial charge < -0.3 is 10.1 Å². The number of amides is 2. The molecule has 1 saturated heterocycles. The van der Waals surface area contributed by atoms with E-state index in [4.69, 9.17) is 4.74 Å². The maximum atomic E-state index is 13.0. The molecule has 8 nitrogen and oxygen atoms in total. The second-order valence-corrected chi connectivity index (χ2v) is 10.3. The molecule has 4 rings (SSSR count). The summed E-state index contributed by atoms with van der Waals surface area (Å²) in [5.74, 6) is -0.0708. The van der Waals surface area contributed by atoms with Gasteiger partial charge in [-0.1, -0.05) is 24.5 Å². The second-order valence-electron chi connectivity index (χ2n) is 9.44. The zero-order valence-electron chi connectivity index (χ0n) is 20.5. The Morgan fingerprint density at radius 1 is 1.11 bits per heavy atom. The van der Waals surface area contributed by atoms with Gasteiger partial charge in [0.15, 0.2) is 10.9 Å². The third-order valence-electron chi connectivity index (χ3n) is 6.70. The molecule has 2 N–H and O–H groups in total. The number of Topliss-reactive ketones (excluding diaryl/α,β-unsaturated/α-hetero) is 1. The van der Waals surface area contributed by atoms with E-state index in [1.165, 1.54) is 11.3 Å². The van der Waals surface area contributed by atoms with E-state index < -0.39 is 6.03 Å². The molecule has 9 heteroatoms. The summed E-state index contributed by atoms with van der Waals surface area (Å²) in [6, 6.07) is 5.13. The average Bonchev–Trinajstić information content (AvgIpc) is 3.53. The van der Waals surface area contributed by atoms with Gasteiger partial charge in [0, 0.05) is 30.0 Å². The Morgan fingerprint density at radius 3 is 2.66 bits per heavy atom. The molecular formula is C26H34N4O4S. The number of ketones is 1. The van der Waals surface area contributed by atoms with E-state index in [1.54, 1.807) is 6.07 Å². The second kappa shape index (κ2) is 11.8. The van der Waals surface area contributed by atoms with Crippen LogP contribution in [0.25, 0.3) is 0 Å². The fraction of sp³-hybridized carbons (Fsp3) is 0.538. The smallest absolute Gasteiger partial charge is 0.325 e. The van der Waals surface area contributed by atoms with Gasteiger partial charge >= 0.3 is 12.0 Å². The number of aromatic nitrogens is 1. The molecule has 0 bridgehead atoms. The number of anilines is 2. The van der Waals surface area contributed by atoms with Gasteiger partial charge in [0.1, 0.15) is 0 Å². The highest BCUT2D eigenvalue weighted by Crippen LogP contribution is 2.31. The Hall–Kier alpha value is -2.78. The van der Waals surface area contributed by atoms with Gasteiger partial charge in [-0.3, -0.25) is 19.8 Å². The van der Waals surface area contributed by atoms with Crippen LogP contribution in [0.1, 0.15) is 67.1 Å². The molecule has 0 spiro atoms. The first kappa shape index (κ1) is 25.3. The van der Waals surface area contributed by atoms with Crippen molar-refractivity contribution < 1.29 is 19.1 Å². The van der Waals surface area contributed by atoms with Crippen molar-refractivity contribution in [1.29, 1.82) is 0 Å². The number of urea groups is 1. The van der Waals surface area contributed by atoms with Crippen LogP contribution >= 0.6 is 11.3 Å². The molecule has 188 valence electrons. The highest BCUT2D eigenvalue weighted by Gasteiger charge is 2.28. The lowest BCUT2D eigenvalue weighted by Gasteiger charge is -2.30. The van der Waals surface area contributed by atoms with Crippen LogP contribution in [-0.2, 0) is 16.1 Å². The Balaban J connectivity index is 1.34. The fourth-order valence-corrected chi connectivity index (χ4v) is 5.64. The summed E-state index contributed by atoms with van der Waals surface area (Å²) >= 11 is 1.36. The molecule has 1 aromatic heterocycles. The number of benzene rings is 1. The first-order valence-corrected chi connectivity index (χ1v) is 13.4. The van der Waals surface area contributed by atoms with Crippen molar-refractivity contribution in [3.05, 3.63) is 40.4 Å². The highest BCUT2D eigenvalue weighted by atomic mass is 32.1. The van der Waals surface area contributed by atoms with Crippen molar-refractivity contribution in [2.75, 3.05) is 30.3 Å². The number of hydrogen-bond donors (Lipinski definition) is 2. The standard InChI is InChI=1S/C26H34N4O4S/c1-3-34-24(32)19-9-6-12-30(14-19)15-20-16-35-26(27-20)29-25(33)28-22-11-10-17(2)13-21(22)23(31)18-7-4-5-8-18/h10-11,13,16,18-19H,3-9,12,14-15H2,1-2H3,(H2,27,28,29,33)/t19-/m0/s1. The fourth-order valence-electron chi connectivity index (χ4n) is 4.95. The van der Waals surface area contributed by atoms with Crippen molar-refractivity contribution in [2.45, 2.75) is 58.9 Å². The summed E-state index contributed by atoms with van der Waals surface area (Å²) in [5.41, 5.74) is 2.94. The normalized spacial score (nSPS) is 18.9. The van der Waals surface area contributed by atoms with Crippen LogP contribution in [0.15, 0.2) is 23.6 Å². The molecule has 35 heavy (non-hydrogen) atoms. The number of likely N-dealkylation sites (tertiary alicyclic amines) is 1. The summed E-state index contributed by atoms with van der Waals surface area (Å²) in [5, 5.41) is 8.05. The zero-order valence-corrected chi connectivity index (χ0v) is 21.3. The molecule has 0 radical (unpaired) electrons. The van der Waals surface area contributed by atoms with Gasteiger partial charge in [-0.25, -0.2) is 9.78 Å². The van der Waals surface area contributed by atoms with Gasteiger partial charge in [-0.05, 0) is 58.2 Å². The number of nitrogens with one attached hydrogen (secondary N) is 2. The quantitative estimate of drug-likeness (QED) is 0.381. The third-order valence-corrected chi connectivity index (χ3v) is 7.50. The predicted octanol–water partition coefficient (Wildman–Crippen LogP) is 5.24. The molecule has 0 unspecified atom stereocenters. The van der Waals surface area contributed by atoms with Crippen molar-refractivity contribution in [3.8, 4) is 0 Å². The number of rotatable bonds is 8. The van der Waals surface area contributed by atoms with E-state index in [0.29, 0.717) is 36.1 Å². The lowest BCUT2D eigenvalue weighted by atomic mass is 9.94. The van der Waals surface area contributed by atoms with Crippen LogP contribution in [0.5, 0.6) is 0 Å². The highest BCUT2D eigenvalue weighted by molar-refractivity contribution is 7.13. The van der Waals surface area contributed by atoms with Gasteiger partial charge in [0.2, 0.25) is 0 Å². The number of esters is 1. The maximum Gasteiger partial charge on any atom is 0.325 e. The minimum Gasteiger partial charge on any atom is -0.466 e. The topological polar surface area (TPSA) is 101 Å². The molecule has 1 aromatic carbocycles. The largest absolute Gasteiger partial charge is 0.466 e. The maximum absolute atomic E-state index is 13.0. The molecule has 2 fully saturated rings. The third kappa shape index (κ3) is 6.67. The molecule has 1 saturated carbocycles. The van der Waals surface area contributed by atoms with Crippen molar-refractivity contribution in [1.82, 2.24) is 9.88 Å². The zero-order chi connectivity index (χ0) is 24.8. The van der Waals surface area contributed by atoms with Crippen LogP contribution in [0, 0.1) is 18.8 Å². The lowest BCUT2D eigenvalue weighted by molar-refractivity contribution is -0.150. The van der Waals surface area contributed by atoms with E-state index >= 15 is 0 Å². The number of aryl methyl sites for hydroxylation is 1. The average molecular weight is 499 g/mol. The van der Waals surface area contributed by atoms with E-state index in [1.807, 2.05) is 31.4 Å². The number of nitrogens with zero attached hydrogens (tertiary/aromatic N) is 2. The van der Waals surface area contributed by atoms with Gasteiger partial charge in [-0.15, -0.1) is 11.3 Å². The number of hydrogen-bond acceptors (Lipinski definition) is 7. The number of ether oxygens (including phenoxy) is 1. The molecule has 1 aliphatic heterocycles. The van der Waals surface area contributed by atoms with Crippen LogP contribution in [0.2, 0.25) is 0 Å². The summed E-state index contributed by atoms with van der Waals surface area (Å²) in [6.07, 6.45) is 5.79. The molecule has 1 aliphatic carbocycles. The molecular weight excluding hydrogens is 464 g/mol. The summed E-state index contributed by atoms with van der Waals surface area (Å²) < 4.78 is 5.18. The molecule has 2 heterocycles. The van der Waals surface area contributed by atoms with Crippen LogP contribution in [0.4, 0.5) is 15.6 Å². The van der Waals surface area contributed by atoms with Crippen LogP contribution in [-0.4, -0.2) is 47.4 Å². The van der Waals surface area contributed by atoms with E-state index in [-0.39, 0.29) is 23.6 Å². The van der Waals surface area contributed by atoms with Crippen molar-refractivity contribution >= 4 is 39.9 Å². The van der Waals surface area contributed by atoms with Gasteiger partial charge in [-0.2, -0.15) is 0 Å². The molecule has 2 amide bonds. The summed E-state index contributed by atoms with van der Waals surface area (Å²) in [7, 11) is 0. The molecule has 2 aromatic rings.